The molecule has 0 aliphatic heterocycles. The molecule has 112 valence electrons. The van der Waals surface area contributed by atoms with Crippen molar-refractivity contribution in [2.45, 2.75) is 34.1 Å². The Morgan fingerprint density at radius 2 is 2.05 bits per heavy atom. The Morgan fingerprint density at radius 1 is 1.33 bits per heavy atom. The summed E-state index contributed by atoms with van der Waals surface area (Å²) in [6.07, 6.45) is 0.924. The number of nitrogens with zero attached hydrogens (tertiary/aromatic N) is 2. The van der Waals surface area contributed by atoms with Gasteiger partial charge in [0.15, 0.2) is 0 Å². The largest absolute Gasteiger partial charge is 0.397 e. The highest BCUT2D eigenvalue weighted by Crippen LogP contribution is 2.23. The molecule has 5 heteroatoms. The molecule has 0 saturated heterocycles. The third-order valence-electron chi connectivity index (χ3n) is 3.65. The Bertz CT molecular complexity index is 673. The van der Waals surface area contributed by atoms with E-state index in [2.05, 4.69) is 17.3 Å². The van der Waals surface area contributed by atoms with Crippen molar-refractivity contribution < 1.29 is 4.79 Å². The fourth-order valence-corrected chi connectivity index (χ4v) is 2.55. The number of aryl methyl sites for hydroxylation is 1. The lowest BCUT2D eigenvalue weighted by molar-refractivity contribution is 0.0956. The van der Waals surface area contributed by atoms with Crippen LogP contribution in [0.4, 0.5) is 5.69 Å². The van der Waals surface area contributed by atoms with Crippen LogP contribution in [0.25, 0.3) is 5.69 Å². The Hall–Kier alpha value is -2.30. The minimum absolute atomic E-state index is 0.101. The molecule has 3 N–H and O–H groups in total. The number of anilines is 1. The number of amides is 1. The van der Waals surface area contributed by atoms with Crippen molar-refractivity contribution in [1.29, 1.82) is 0 Å². The zero-order valence-corrected chi connectivity index (χ0v) is 13.0. The second-order valence-corrected chi connectivity index (χ2v) is 5.05. The first kappa shape index (κ1) is 15.1. The Labute approximate surface area is 125 Å². The Kier molecular flexibility index (Phi) is 4.31. The highest BCUT2D eigenvalue weighted by atomic mass is 16.1. The van der Waals surface area contributed by atoms with Crippen LogP contribution in [0.1, 0.15) is 41.2 Å². The fraction of sp³-hybridized carbons (Fsp3) is 0.375. The van der Waals surface area contributed by atoms with Gasteiger partial charge in [0, 0.05) is 17.8 Å². The molecule has 1 aromatic carbocycles. The molecule has 1 heterocycles. The SMILES string of the molecule is CCNC(=O)c1ccc(N)c(-n2nc(C)c(CC)c2C)c1. The summed E-state index contributed by atoms with van der Waals surface area (Å²) in [5, 5.41) is 7.36. The second-order valence-electron chi connectivity index (χ2n) is 5.05. The highest BCUT2D eigenvalue weighted by molar-refractivity contribution is 5.95. The van der Waals surface area contributed by atoms with E-state index < -0.39 is 0 Å². The van der Waals surface area contributed by atoms with Crippen molar-refractivity contribution in [2.75, 3.05) is 12.3 Å². The molecule has 21 heavy (non-hydrogen) atoms. The summed E-state index contributed by atoms with van der Waals surface area (Å²) in [5.74, 6) is -0.101. The van der Waals surface area contributed by atoms with Gasteiger partial charge in [-0.25, -0.2) is 4.68 Å². The van der Waals surface area contributed by atoms with Gasteiger partial charge < -0.3 is 11.1 Å². The summed E-state index contributed by atoms with van der Waals surface area (Å²) in [4.78, 5) is 12.0. The van der Waals surface area contributed by atoms with Gasteiger partial charge in [-0.05, 0) is 51.0 Å². The summed E-state index contributed by atoms with van der Waals surface area (Å²) >= 11 is 0. The molecule has 0 unspecified atom stereocenters. The first-order valence-electron chi connectivity index (χ1n) is 7.22. The molecule has 0 bridgehead atoms. The van der Waals surface area contributed by atoms with E-state index in [1.165, 1.54) is 5.56 Å². The molecule has 5 nitrogen and oxygen atoms in total. The molecule has 0 fully saturated rings. The minimum atomic E-state index is -0.101. The van der Waals surface area contributed by atoms with E-state index in [0.29, 0.717) is 17.8 Å². The van der Waals surface area contributed by atoms with E-state index in [4.69, 9.17) is 5.73 Å². The van der Waals surface area contributed by atoms with Crippen LogP contribution in [0.15, 0.2) is 18.2 Å². The standard InChI is InChI=1S/C16H22N4O/c1-5-13-10(3)19-20(11(13)4)15-9-12(7-8-14(15)17)16(21)18-6-2/h7-9H,5-6,17H2,1-4H3,(H,18,21). The van der Waals surface area contributed by atoms with Crippen LogP contribution in [0, 0.1) is 13.8 Å². The number of aromatic nitrogens is 2. The minimum Gasteiger partial charge on any atom is -0.397 e. The average Bonchev–Trinajstić information content (AvgIpc) is 2.74. The van der Waals surface area contributed by atoms with Crippen LogP contribution in [-0.2, 0) is 6.42 Å². The quantitative estimate of drug-likeness (QED) is 0.848. The zero-order valence-electron chi connectivity index (χ0n) is 13.0. The smallest absolute Gasteiger partial charge is 0.251 e. The van der Waals surface area contributed by atoms with E-state index >= 15 is 0 Å². The predicted molar refractivity (Wildman–Crippen MR) is 84.8 cm³/mol. The van der Waals surface area contributed by atoms with Crippen molar-refractivity contribution in [3.63, 3.8) is 0 Å². The van der Waals surface area contributed by atoms with Crippen molar-refractivity contribution in [1.82, 2.24) is 15.1 Å². The predicted octanol–water partition coefficient (Wildman–Crippen LogP) is 2.38. The molecular formula is C16H22N4O. The van der Waals surface area contributed by atoms with Crippen LogP contribution in [0.3, 0.4) is 0 Å². The summed E-state index contributed by atoms with van der Waals surface area (Å²) in [6, 6.07) is 5.28. The van der Waals surface area contributed by atoms with Crippen molar-refractivity contribution >= 4 is 11.6 Å². The summed E-state index contributed by atoms with van der Waals surface area (Å²) < 4.78 is 1.83. The lowest BCUT2D eigenvalue weighted by atomic mass is 10.1. The number of nitrogen functional groups attached to an aromatic ring is 1. The maximum Gasteiger partial charge on any atom is 0.251 e. The molecule has 2 aromatic rings. The van der Waals surface area contributed by atoms with Gasteiger partial charge in [-0.2, -0.15) is 5.10 Å². The van der Waals surface area contributed by atoms with Crippen LogP contribution in [-0.4, -0.2) is 22.2 Å². The monoisotopic (exact) mass is 286 g/mol. The van der Waals surface area contributed by atoms with Gasteiger partial charge in [-0.1, -0.05) is 6.92 Å². The van der Waals surface area contributed by atoms with Gasteiger partial charge in [0.05, 0.1) is 17.1 Å². The van der Waals surface area contributed by atoms with E-state index in [-0.39, 0.29) is 5.91 Å². The number of hydrogen-bond donors (Lipinski definition) is 2. The molecule has 0 saturated carbocycles. The molecular weight excluding hydrogens is 264 g/mol. The van der Waals surface area contributed by atoms with Gasteiger partial charge in [0.1, 0.15) is 0 Å². The van der Waals surface area contributed by atoms with Crippen LogP contribution in [0.5, 0.6) is 0 Å². The van der Waals surface area contributed by atoms with Gasteiger partial charge in [-0.3, -0.25) is 4.79 Å². The van der Waals surface area contributed by atoms with Gasteiger partial charge in [0.2, 0.25) is 0 Å². The lowest BCUT2D eigenvalue weighted by Gasteiger charge is -2.11. The third-order valence-corrected chi connectivity index (χ3v) is 3.65. The van der Waals surface area contributed by atoms with Crippen molar-refractivity contribution in [2.24, 2.45) is 0 Å². The van der Waals surface area contributed by atoms with Gasteiger partial charge in [-0.15, -0.1) is 0 Å². The number of rotatable bonds is 4. The van der Waals surface area contributed by atoms with Crippen LogP contribution in [0.2, 0.25) is 0 Å². The number of nitrogens with two attached hydrogens (primary N) is 1. The molecule has 0 aliphatic carbocycles. The van der Waals surface area contributed by atoms with E-state index in [1.807, 2.05) is 25.5 Å². The number of benzene rings is 1. The van der Waals surface area contributed by atoms with E-state index in [0.717, 1.165) is 23.5 Å². The number of carbonyl (C=O) groups is 1. The third kappa shape index (κ3) is 2.77. The van der Waals surface area contributed by atoms with Crippen LogP contribution >= 0.6 is 0 Å². The van der Waals surface area contributed by atoms with Gasteiger partial charge >= 0.3 is 0 Å². The van der Waals surface area contributed by atoms with Crippen molar-refractivity contribution in [3.8, 4) is 5.69 Å². The summed E-state index contributed by atoms with van der Waals surface area (Å²) in [7, 11) is 0. The molecule has 1 amide bonds. The number of nitrogens with one attached hydrogen (secondary N) is 1. The van der Waals surface area contributed by atoms with E-state index in [1.54, 1.807) is 18.2 Å². The number of hydrogen-bond acceptors (Lipinski definition) is 3. The fourth-order valence-electron chi connectivity index (χ4n) is 2.55. The normalized spacial score (nSPS) is 10.7. The highest BCUT2D eigenvalue weighted by Gasteiger charge is 2.15. The molecule has 0 spiro atoms. The molecule has 2 rings (SSSR count). The molecule has 0 aliphatic rings. The Balaban J connectivity index is 2.53. The molecule has 0 radical (unpaired) electrons. The topological polar surface area (TPSA) is 72.9 Å². The summed E-state index contributed by atoms with van der Waals surface area (Å²) in [6.45, 7) is 8.61. The van der Waals surface area contributed by atoms with E-state index in [9.17, 15) is 4.79 Å². The van der Waals surface area contributed by atoms with Crippen molar-refractivity contribution in [3.05, 3.63) is 40.7 Å². The van der Waals surface area contributed by atoms with Gasteiger partial charge in [0.25, 0.3) is 5.91 Å². The number of carbonyl (C=O) groups excluding carboxylic acids is 1. The maximum atomic E-state index is 12.0. The second kappa shape index (κ2) is 5.99. The first-order chi connectivity index (χ1) is 9.99. The average molecular weight is 286 g/mol. The molecule has 1 aromatic heterocycles. The maximum absolute atomic E-state index is 12.0. The van der Waals surface area contributed by atoms with Crippen LogP contribution < -0.4 is 11.1 Å². The first-order valence-corrected chi connectivity index (χ1v) is 7.22. The Morgan fingerprint density at radius 3 is 2.62 bits per heavy atom. The lowest BCUT2D eigenvalue weighted by Crippen LogP contribution is -2.23. The summed E-state index contributed by atoms with van der Waals surface area (Å²) in [5.41, 5.74) is 11.3. The zero-order chi connectivity index (χ0) is 15.6. The molecule has 0 atom stereocenters.